The molecule has 2 aromatic carbocycles. The third-order valence-corrected chi connectivity index (χ3v) is 6.77. The highest BCUT2D eigenvalue weighted by atomic mass is 35.5. The Morgan fingerprint density at radius 3 is 2.54 bits per heavy atom. The van der Waals surface area contributed by atoms with Crippen LogP contribution in [0.5, 0.6) is 11.5 Å². The van der Waals surface area contributed by atoms with Crippen LogP contribution in [0.4, 0.5) is 17.6 Å². The minimum atomic E-state index is -5.29. The first-order valence-corrected chi connectivity index (χ1v) is 12.4. The van der Waals surface area contributed by atoms with Gasteiger partial charge in [-0.2, -0.15) is 13.2 Å². The molecule has 1 aliphatic heterocycles. The lowest BCUT2D eigenvalue weighted by Crippen LogP contribution is -2.51. The van der Waals surface area contributed by atoms with Crippen LogP contribution in [0.2, 0.25) is 10.0 Å². The maximum absolute atomic E-state index is 14.4. The lowest BCUT2D eigenvalue weighted by molar-refractivity contribution is -0.265. The fourth-order valence-electron chi connectivity index (χ4n) is 4.02. The van der Waals surface area contributed by atoms with E-state index in [2.05, 4.69) is 10.3 Å². The average molecular weight is 588 g/mol. The third kappa shape index (κ3) is 5.49. The number of nitrogens with zero attached hydrogens (tertiary/aromatic N) is 1. The molecule has 1 aromatic heterocycles. The molecule has 2 atom stereocenters. The Bertz CT molecular complexity index is 1440. The van der Waals surface area contributed by atoms with Crippen molar-refractivity contribution in [2.45, 2.75) is 31.2 Å². The molecule has 0 saturated heterocycles. The van der Waals surface area contributed by atoms with E-state index in [1.807, 2.05) is 0 Å². The summed E-state index contributed by atoms with van der Waals surface area (Å²) >= 11 is 12.0. The summed E-state index contributed by atoms with van der Waals surface area (Å²) in [5.74, 6) is -1.31. The van der Waals surface area contributed by atoms with Gasteiger partial charge in [0.2, 0.25) is 5.60 Å². The zero-order valence-electron chi connectivity index (χ0n) is 20.6. The molecule has 3 aromatic rings. The third-order valence-electron chi connectivity index (χ3n) is 6.19. The second kappa shape index (κ2) is 10.5. The molecule has 0 saturated carbocycles. The number of alkyl halides is 3. The van der Waals surface area contributed by atoms with Gasteiger partial charge in [0.05, 0.1) is 34.4 Å². The molecule has 0 aliphatic carbocycles. The molecular formula is C26H23Cl2F4N3O4. The molecular weight excluding hydrogens is 565 g/mol. The number of nitrogens with one attached hydrogen (secondary N) is 1. The number of hydrogen-bond acceptors (Lipinski definition) is 6. The van der Waals surface area contributed by atoms with Crippen molar-refractivity contribution < 1.29 is 36.9 Å². The number of benzene rings is 2. The number of halogens is 6. The summed E-state index contributed by atoms with van der Waals surface area (Å²) in [6.07, 6.45) is -5.29. The normalized spacial score (nSPS) is 18.2. The van der Waals surface area contributed by atoms with E-state index in [0.29, 0.717) is 12.4 Å². The molecule has 0 spiro atoms. The van der Waals surface area contributed by atoms with Gasteiger partial charge in [-0.05, 0) is 56.3 Å². The van der Waals surface area contributed by atoms with Gasteiger partial charge in [0.25, 0.3) is 5.91 Å². The van der Waals surface area contributed by atoms with Crippen molar-refractivity contribution in [1.29, 1.82) is 0 Å². The highest BCUT2D eigenvalue weighted by Gasteiger charge is 2.57. The summed E-state index contributed by atoms with van der Waals surface area (Å²) in [6.45, 7) is 2.20. The number of hydrogen-bond donors (Lipinski definition) is 3. The summed E-state index contributed by atoms with van der Waals surface area (Å²) in [4.78, 5) is 16.8. The van der Waals surface area contributed by atoms with Gasteiger partial charge in [-0.25, -0.2) is 9.37 Å². The van der Waals surface area contributed by atoms with Crippen molar-refractivity contribution in [1.82, 2.24) is 10.3 Å². The largest absolute Gasteiger partial charge is 0.492 e. The van der Waals surface area contributed by atoms with Gasteiger partial charge < -0.3 is 25.6 Å². The second-order valence-electron chi connectivity index (χ2n) is 9.19. The molecule has 0 bridgehead atoms. The Labute approximate surface area is 230 Å². The summed E-state index contributed by atoms with van der Waals surface area (Å²) in [5, 5.41) is 12.9. The molecule has 39 heavy (non-hydrogen) atoms. The first-order valence-electron chi connectivity index (χ1n) is 11.6. The molecule has 1 amide bonds. The summed E-state index contributed by atoms with van der Waals surface area (Å²) < 4.78 is 68.0. The highest BCUT2D eigenvalue weighted by molar-refractivity contribution is 6.32. The van der Waals surface area contributed by atoms with Crippen LogP contribution in [0.3, 0.4) is 0 Å². The Balaban J connectivity index is 1.76. The van der Waals surface area contributed by atoms with E-state index < -0.39 is 41.3 Å². The number of carbonyl (C=O) groups excluding carboxylic acids is 1. The van der Waals surface area contributed by atoms with Gasteiger partial charge in [0.1, 0.15) is 23.9 Å². The van der Waals surface area contributed by atoms with E-state index in [-0.39, 0.29) is 44.8 Å². The van der Waals surface area contributed by atoms with Crippen molar-refractivity contribution in [3.63, 3.8) is 0 Å². The number of aliphatic hydroxyl groups is 1. The lowest BCUT2D eigenvalue weighted by atomic mass is 9.89. The predicted molar refractivity (Wildman–Crippen MR) is 137 cm³/mol. The molecule has 2 heterocycles. The Hall–Kier alpha value is -3.12. The number of pyridine rings is 1. The van der Waals surface area contributed by atoms with Crippen molar-refractivity contribution >= 4 is 29.1 Å². The molecule has 4 N–H and O–H groups in total. The molecule has 0 fully saturated rings. The van der Waals surface area contributed by atoms with E-state index in [1.165, 1.54) is 37.3 Å². The smallest absolute Gasteiger partial charge is 0.424 e. The quantitative estimate of drug-likeness (QED) is 0.322. The number of fused-ring (bicyclic) bond motifs is 1. The van der Waals surface area contributed by atoms with Crippen molar-refractivity contribution in [2.24, 2.45) is 5.73 Å². The standard InChI is InChI=1S/C26H23Cl2F4N3O4/c1-3-38-19-7-5-14(9-17(19)28)23(36)34-11-25(37,26(30,31)32)20-10-15-22(39-12-24(15,2)33)21(35-20)13-4-6-18(29)16(27)8-13/h4-10,37H,3,11-12,33H2,1-2H3,(H,34,36). The van der Waals surface area contributed by atoms with Crippen LogP contribution >= 0.6 is 23.2 Å². The van der Waals surface area contributed by atoms with Crippen LogP contribution in [0.25, 0.3) is 11.3 Å². The first-order chi connectivity index (χ1) is 18.2. The topological polar surface area (TPSA) is 107 Å². The van der Waals surface area contributed by atoms with Gasteiger partial charge in [-0.15, -0.1) is 0 Å². The zero-order valence-corrected chi connectivity index (χ0v) is 22.1. The number of carbonyl (C=O) groups is 1. The van der Waals surface area contributed by atoms with Gasteiger partial charge in [0, 0.05) is 16.7 Å². The van der Waals surface area contributed by atoms with Crippen LogP contribution in [0.1, 0.15) is 35.5 Å². The van der Waals surface area contributed by atoms with Crippen LogP contribution in [0, 0.1) is 5.82 Å². The summed E-state index contributed by atoms with van der Waals surface area (Å²) in [6, 6.07) is 8.39. The van der Waals surface area contributed by atoms with Crippen molar-refractivity contribution in [2.75, 3.05) is 19.8 Å². The van der Waals surface area contributed by atoms with Gasteiger partial charge in [0.15, 0.2) is 5.75 Å². The van der Waals surface area contributed by atoms with E-state index in [4.69, 9.17) is 38.4 Å². The fourth-order valence-corrected chi connectivity index (χ4v) is 4.43. The van der Waals surface area contributed by atoms with Gasteiger partial charge in [-0.3, -0.25) is 4.79 Å². The van der Waals surface area contributed by atoms with E-state index in [0.717, 1.165) is 12.1 Å². The Morgan fingerprint density at radius 2 is 1.92 bits per heavy atom. The molecule has 208 valence electrons. The first kappa shape index (κ1) is 28.9. The molecule has 13 heteroatoms. The number of amides is 1. The van der Waals surface area contributed by atoms with Crippen molar-refractivity contribution in [3.05, 3.63) is 75.1 Å². The molecule has 1 aliphatic rings. The van der Waals surface area contributed by atoms with Gasteiger partial charge >= 0.3 is 6.18 Å². The molecule has 4 rings (SSSR count). The Morgan fingerprint density at radius 1 is 1.21 bits per heavy atom. The lowest BCUT2D eigenvalue weighted by Gasteiger charge is -2.31. The van der Waals surface area contributed by atoms with Crippen LogP contribution in [-0.2, 0) is 11.1 Å². The average Bonchev–Trinajstić information content (AvgIpc) is 3.18. The minimum Gasteiger partial charge on any atom is -0.492 e. The SMILES string of the molecule is CCOc1ccc(C(=O)NCC(O)(c2cc3c(c(-c4ccc(F)c(Cl)c4)n2)OCC3(C)N)C(F)(F)F)cc1Cl. The summed E-state index contributed by atoms with van der Waals surface area (Å²) in [5.41, 5.74) is 0.607. The molecule has 0 radical (unpaired) electrons. The van der Waals surface area contributed by atoms with E-state index in [1.54, 1.807) is 6.92 Å². The second-order valence-corrected chi connectivity index (χ2v) is 10.0. The van der Waals surface area contributed by atoms with Crippen LogP contribution in [-0.4, -0.2) is 41.9 Å². The van der Waals surface area contributed by atoms with Crippen LogP contribution in [0.15, 0.2) is 42.5 Å². The number of ether oxygens (including phenoxy) is 2. The fraction of sp³-hybridized carbons (Fsp3) is 0.308. The molecule has 2 unspecified atom stereocenters. The van der Waals surface area contributed by atoms with Crippen molar-refractivity contribution in [3.8, 4) is 22.8 Å². The molecule has 7 nitrogen and oxygen atoms in total. The predicted octanol–water partition coefficient (Wildman–Crippen LogP) is 5.34. The van der Waals surface area contributed by atoms with Gasteiger partial charge in [-0.1, -0.05) is 23.2 Å². The monoisotopic (exact) mass is 587 g/mol. The number of rotatable bonds is 7. The zero-order chi connectivity index (χ0) is 28.8. The Kier molecular flexibility index (Phi) is 7.74. The number of aromatic nitrogens is 1. The maximum Gasteiger partial charge on any atom is 0.424 e. The number of nitrogens with two attached hydrogens (primary N) is 1. The summed E-state index contributed by atoms with van der Waals surface area (Å²) in [7, 11) is 0. The minimum absolute atomic E-state index is 0.0560. The maximum atomic E-state index is 14.4. The highest BCUT2D eigenvalue weighted by Crippen LogP contribution is 2.46. The van der Waals surface area contributed by atoms with Crippen LogP contribution < -0.4 is 20.5 Å². The van der Waals surface area contributed by atoms with E-state index in [9.17, 15) is 27.5 Å². The van der Waals surface area contributed by atoms with E-state index >= 15 is 0 Å².